The molecule has 0 amide bonds. The molecule has 0 aromatic heterocycles. The zero-order valence-electron chi connectivity index (χ0n) is 11.3. The molecule has 3 nitrogen and oxygen atoms in total. The van der Waals surface area contributed by atoms with E-state index >= 15 is 0 Å². The fraction of sp³-hybridized carbons (Fsp3) is 0.600. The van der Waals surface area contributed by atoms with Gasteiger partial charge in [-0.25, -0.2) is 0 Å². The van der Waals surface area contributed by atoms with E-state index in [4.69, 9.17) is 32.7 Å². The second kappa shape index (κ2) is 6.52. The number of rotatable bonds is 6. The average molecular weight is 316 g/mol. The Hall–Kier alpha value is -0.480. The van der Waals surface area contributed by atoms with Gasteiger partial charge in [0.05, 0.1) is 11.1 Å². The fourth-order valence-electron chi connectivity index (χ4n) is 2.40. The van der Waals surface area contributed by atoms with Crippen LogP contribution in [-0.4, -0.2) is 25.4 Å². The molecule has 2 aliphatic rings. The van der Waals surface area contributed by atoms with Crippen molar-refractivity contribution in [2.45, 2.75) is 44.4 Å². The van der Waals surface area contributed by atoms with Crippen LogP contribution >= 0.6 is 23.2 Å². The molecule has 1 aliphatic heterocycles. The van der Waals surface area contributed by atoms with Gasteiger partial charge in [0.2, 0.25) is 0 Å². The van der Waals surface area contributed by atoms with Gasteiger partial charge in [-0.1, -0.05) is 23.2 Å². The molecule has 5 heteroatoms. The number of ether oxygens (including phenoxy) is 2. The van der Waals surface area contributed by atoms with Gasteiger partial charge >= 0.3 is 0 Å². The summed E-state index contributed by atoms with van der Waals surface area (Å²) in [4.78, 5) is 0. The maximum atomic E-state index is 6.27. The summed E-state index contributed by atoms with van der Waals surface area (Å²) in [6.45, 7) is 2.13. The Kier molecular flexibility index (Phi) is 4.72. The number of nitrogens with one attached hydrogen (secondary N) is 1. The SMILES string of the molecule is Clc1cc(Cl)c(OCC2CCCO2)c(CNC2CC2)c1. The van der Waals surface area contributed by atoms with Gasteiger partial charge in [0.1, 0.15) is 12.4 Å². The molecular weight excluding hydrogens is 297 g/mol. The number of hydrogen-bond donors (Lipinski definition) is 1. The van der Waals surface area contributed by atoms with E-state index in [9.17, 15) is 0 Å². The lowest BCUT2D eigenvalue weighted by molar-refractivity contribution is 0.0676. The second-order valence-electron chi connectivity index (χ2n) is 5.48. The third-order valence-corrected chi connectivity index (χ3v) is 4.18. The van der Waals surface area contributed by atoms with Crippen molar-refractivity contribution in [2.24, 2.45) is 0 Å². The molecule has 110 valence electrons. The van der Waals surface area contributed by atoms with Crippen LogP contribution in [0.5, 0.6) is 5.75 Å². The van der Waals surface area contributed by atoms with Crippen molar-refractivity contribution >= 4 is 23.2 Å². The first kappa shape index (κ1) is 14.5. The Balaban J connectivity index is 1.68. The summed E-state index contributed by atoms with van der Waals surface area (Å²) in [5.74, 6) is 0.736. The smallest absolute Gasteiger partial charge is 0.142 e. The van der Waals surface area contributed by atoms with Gasteiger partial charge in [-0.3, -0.25) is 0 Å². The molecular formula is C15H19Cl2NO2. The van der Waals surface area contributed by atoms with Gasteiger partial charge < -0.3 is 14.8 Å². The molecule has 1 atom stereocenters. The number of benzene rings is 1. The molecule has 0 radical (unpaired) electrons. The topological polar surface area (TPSA) is 30.5 Å². The van der Waals surface area contributed by atoms with Crippen molar-refractivity contribution in [3.8, 4) is 5.75 Å². The van der Waals surface area contributed by atoms with Gasteiger partial charge in [-0.2, -0.15) is 0 Å². The van der Waals surface area contributed by atoms with Crippen molar-refractivity contribution in [2.75, 3.05) is 13.2 Å². The molecule has 1 aromatic rings. The minimum absolute atomic E-state index is 0.186. The van der Waals surface area contributed by atoms with Crippen molar-refractivity contribution in [1.82, 2.24) is 5.32 Å². The van der Waals surface area contributed by atoms with Crippen molar-refractivity contribution in [1.29, 1.82) is 0 Å². The van der Waals surface area contributed by atoms with E-state index in [0.29, 0.717) is 22.7 Å². The summed E-state index contributed by atoms with van der Waals surface area (Å²) >= 11 is 12.4. The highest BCUT2D eigenvalue weighted by atomic mass is 35.5. The first-order valence-electron chi connectivity index (χ1n) is 7.18. The maximum Gasteiger partial charge on any atom is 0.142 e. The van der Waals surface area contributed by atoms with Crippen LogP contribution in [-0.2, 0) is 11.3 Å². The van der Waals surface area contributed by atoms with E-state index in [-0.39, 0.29) is 6.10 Å². The summed E-state index contributed by atoms with van der Waals surface area (Å²) < 4.78 is 11.5. The van der Waals surface area contributed by atoms with Crippen LogP contribution in [0.15, 0.2) is 12.1 Å². The summed E-state index contributed by atoms with van der Waals surface area (Å²) in [5.41, 5.74) is 1.02. The zero-order valence-corrected chi connectivity index (χ0v) is 12.8. The molecule has 1 saturated carbocycles. The van der Waals surface area contributed by atoms with E-state index in [1.165, 1.54) is 12.8 Å². The van der Waals surface area contributed by atoms with Crippen molar-refractivity contribution in [3.05, 3.63) is 27.7 Å². The molecule has 0 bridgehead atoms. The number of hydrogen-bond acceptors (Lipinski definition) is 3. The molecule has 1 aliphatic carbocycles. The van der Waals surface area contributed by atoms with Gasteiger partial charge in [0.15, 0.2) is 0 Å². The highest BCUT2D eigenvalue weighted by molar-refractivity contribution is 6.35. The van der Waals surface area contributed by atoms with Gasteiger partial charge in [-0.05, 0) is 37.8 Å². The van der Waals surface area contributed by atoms with Gasteiger partial charge in [0.25, 0.3) is 0 Å². The quantitative estimate of drug-likeness (QED) is 0.866. The standard InChI is InChI=1S/C15H19Cl2NO2/c16-11-6-10(8-18-12-3-4-12)15(14(17)7-11)20-9-13-2-1-5-19-13/h6-7,12-13,18H,1-5,8-9H2. The number of halogens is 2. The van der Waals surface area contributed by atoms with Crippen LogP contribution in [0.3, 0.4) is 0 Å². The zero-order chi connectivity index (χ0) is 13.9. The first-order chi connectivity index (χ1) is 9.72. The lowest BCUT2D eigenvalue weighted by atomic mass is 10.2. The van der Waals surface area contributed by atoms with Crippen LogP contribution < -0.4 is 10.1 Å². The van der Waals surface area contributed by atoms with Crippen molar-refractivity contribution in [3.63, 3.8) is 0 Å². The van der Waals surface area contributed by atoms with E-state index in [1.807, 2.05) is 6.07 Å². The van der Waals surface area contributed by atoms with Crippen LogP contribution in [0.2, 0.25) is 10.0 Å². The highest BCUT2D eigenvalue weighted by Crippen LogP contribution is 2.33. The fourth-order valence-corrected chi connectivity index (χ4v) is 2.99. The first-order valence-corrected chi connectivity index (χ1v) is 7.93. The summed E-state index contributed by atoms with van der Waals surface area (Å²) in [6.07, 6.45) is 4.85. The third-order valence-electron chi connectivity index (χ3n) is 3.68. The Bertz CT molecular complexity index is 471. The highest BCUT2D eigenvalue weighted by Gasteiger charge is 2.22. The molecule has 2 fully saturated rings. The van der Waals surface area contributed by atoms with Crippen LogP contribution in [0.4, 0.5) is 0 Å². The minimum Gasteiger partial charge on any atom is -0.489 e. The Morgan fingerprint density at radius 1 is 1.25 bits per heavy atom. The van der Waals surface area contributed by atoms with Crippen LogP contribution in [0.25, 0.3) is 0 Å². The summed E-state index contributed by atoms with van der Waals surface area (Å²) in [6, 6.07) is 4.29. The minimum atomic E-state index is 0.186. The Morgan fingerprint density at radius 3 is 2.80 bits per heavy atom. The van der Waals surface area contributed by atoms with Crippen molar-refractivity contribution < 1.29 is 9.47 Å². The summed E-state index contributed by atoms with van der Waals surface area (Å²) in [5, 5.41) is 4.68. The molecule has 0 spiro atoms. The lowest BCUT2D eigenvalue weighted by Crippen LogP contribution is -2.19. The monoisotopic (exact) mass is 315 g/mol. The van der Waals surface area contributed by atoms with Crippen LogP contribution in [0.1, 0.15) is 31.2 Å². The molecule has 3 rings (SSSR count). The molecule has 1 unspecified atom stereocenters. The predicted molar refractivity (Wildman–Crippen MR) is 80.8 cm³/mol. The largest absolute Gasteiger partial charge is 0.489 e. The molecule has 1 N–H and O–H groups in total. The summed E-state index contributed by atoms with van der Waals surface area (Å²) in [7, 11) is 0. The Morgan fingerprint density at radius 2 is 2.10 bits per heavy atom. The normalized spacial score (nSPS) is 22.2. The Labute approximate surface area is 129 Å². The van der Waals surface area contributed by atoms with Crippen LogP contribution in [0, 0.1) is 0 Å². The lowest BCUT2D eigenvalue weighted by Gasteiger charge is -2.17. The van der Waals surface area contributed by atoms with Gasteiger partial charge in [-0.15, -0.1) is 0 Å². The molecule has 1 aromatic carbocycles. The maximum absolute atomic E-state index is 6.27. The molecule has 20 heavy (non-hydrogen) atoms. The van der Waals surface area contributed by atoms with E-state index in [0.717, 1.165) is 37.3 Å². The molecule has 1 saturated heterocycles. The van der Waals surface area contributed by atoms with E-state index in [2.05, 4.69) is 5.32 Å². The van der Waals surface area contributed by atoms with Gasteiger partial charge in [0, 0.05) is 29.8 Å². The van der Waals surface area contributed by atoms with E-state index < -0.39 is 0 Å². The van der Waals surface area contributed by atoms with E-state index in [1.54, 1.807) is 6.07 Å². The predicted octanol–water partition coefficient (Wildman–Crippen LogP) is 3.80. The second-order valence-corrected chi connectivity index (χ2v) is 6.32. The third kappa shape index (κ3) is 3.79. The average Bonchev–Trinajstić information content (AvgIpc) is 3.10. The molecule has 1 heterocycles.